The zero-order valence-electron chi connectivity index (χ0n) is 11.1. The van der Waals surface area contributed by atoms with Crippen LogP contribution in [0.15, 0.2) is 6.33 Å². The first-order valence-corrected chi connectivity index (χ1v) is 6.54. The van der Waals surface area contributed by atoms with Crippen molar-refractivity contribution in [3.8, 4) is 0 Å². The lowest BCUT2D eigenvalue weighted by Crippen LogP contribution is -2.55. The Morgan fingerprint density at radius 1 is 1.41 bits per heavy atom. The number of nitrogens with zero attached hydrogens (tertiary/aromatic N) is 4. The van der Waals surface area contributed by atoms with E-state index in [-0.39, 0.29) is 0 Å². The van der Waals surface area contributed by atoms with Crippen molar-refractivity contribution in [3.63, 3.8) is 0 Å². The van der Waals surface area contributed by atoms with Crippen LogP contribution in [0.25, 0.3) is 0 Å². The predicted molar refractivity (Wildman–Crippen MR) is 67.6 cm³/mol. The molecule has 2 unspecified atom stereocenters. The highest BCUT2D eigenvalue weighted by Gasteiger charge is 2.26. The Balaban J connectivity index is 2.03. The molecule has 2 rings (SSSR count). The Hall–Kier alpha value is -0.940. The first-order chi connectivity index (χ1) is 8.24. The molecule has 5 nitrogen and oxygen atoms in total. The highest BCUT2D eigenvalue weighted by Crippen LogP contribution is 2.14. The monoisotopic (exact) mass is 237 g/mol. The van der Waals surface area contributed by atoms with Crippen molar-refractivity contribution in [2.45, 2.75) is 45.3 Å². The van der Waals surface area contributed by atoms with E-state index in [9.17, 15) is 0 Å². The Labute approximate surface area is 103 Å². The lowest BCUT2D eigenvalue weighted by atomic mass is 10.1. The van der Waals surface area contributed by atoms with Crippen molar-refractivity contribution in [2.75, 3.05) is 13.1 Å². The molecular weight excluding hydrogens is 214 g/mol. The van der Waals surface area contributed by atoms with Crippen molar-refractivity contribution in [2.24, 2.45) is 7.05 Å². The molecule has 0 saturated carbocycles. The van der Waals surface area contributed by atoms with Gasteiger partial charge in [0.05, 0.1) is 6.54 Å². The largest absolute Gasteiger partial charge is 0.311 e. The average molecular weight is 237 g/mol. The minimum Gasteiger partial charge on any atom is -0.311 e. The van der Waals surface area contributed by atoms with Gasteiger partial charge in [-0.15, -0.1) is 0 Å². The molecule has 0 radical (unpaired) electrons. The van der Waals surface area contributed by atoms with Gasteiger partial charge in [-0.05, 0) is 12.8 Å². The predicted octanol–water partition coefficient (Wildman–Crippen LogP) is 0.777. The van der Waals surface area contributed by atoms with Crippen LogP contribution in [-0.2, 0) is 13.6 Å². The normalized spacial score (nSPS) is 26.3. The molecule has 0 spiro atoms. The quantitative estimate of drug-likeness (QED) is 0.840. The molecule has 96 valence electrons. The number of hydrogen-bond donors (Lipinski definition) is 1. The van der Waals surface area contributed by atoms with Crippen molar-refractivity contribution in [1.82, 2.24) is 25.0 Å². The molecule has 0 bridgehead atoms. The molecular formula is C12H23N5. The van der Waals surface area contributed by atoms with Gasteiger partial charge in [-0.2, -0.15) is 5.10 Å². The van der Waals surface area contributed by atoms with E-state index in [1.807, 2.05) is 11.7 Å². The van der Waals surface area contributed by atoms with E-state index >= 15 is 0 Å². The molecule has 1 fully saturated rings. The number of nitrogens with one attached hydrogen (secondary N) is 1. The maximum atomic E-state index is 4.32. The molecule has 5 heteroatoms. The van der Waals surface area contributed by atoms with Gasteiger partial charge in [0.2, 0.25) is 0 Å². The fraction of sp³-hybridized carbons (Fsp3) is 0.833. The van der Waals surface area contributed by atoms with Crippen LogP contribution in [-0.4, -0.2) is 44.8 Å². The Morgan fingerprint density at radius 2 is 2.24 bits per heavy atom. The van der Waals surface area contributed by atoms with Gasteiger partial charge < -0.3 is 5.32 Å². The van der Waals surface area contributed by atoms with E-state index in [4.69, 9.17) is 0 Å². The van der Waals surface area contributed by atoms with E-state index in [1.165, 1.54) is 12.8 Å². The average Bonchev–Trinajstić information content (AvgIpc) is 2.75. The van der Waals surface area contributed by atoms with Gasteiger partial charge in [-0.25, -0.2) is 4.98 Å². The second-order valence-electron chi connectivity index (χ2n) is 4.80. The SMILES string of the molecule is CCC1CN(Cc2ncnn2C)C(CC)CN1. The third-order valence-electron chi connectivity index (χ3n) is 3.73. The summed E-state index contributed by atoms with van der Waals surface area (Å²) in [6, 6.07) is 1.24. The van der Waals surface area contributed by atoms with Gasteiger partial charge in [0.1, 0.15) is 12.2 Å². The molecule has 0 aromatic carbocycles. The van der Waals surface area contributed by atoms with E-state index in [2.05, 4.69) is 34.1 Å². The number of rotatable bonds is 4. The molecule has 17 heavy (non-hydrogen) atoms. The first kappa shape index (κ1) is 12.5. The Kier molecular flexibility index (Phi) is 4.12. The van der Waals surface area contributed by atoms with Gasteiger partial charge in [0, 0.05) is 32.2 Å². The van der Waals surface area contributed by atoms with Crippen molar-refractivity contribution >= 4 is 0 Å². The maximum Gasteiger partial charge on any atom is 0.140 e. The molecule has 0 aliphatic carbocycles. The minimum atomic E-state index is 0.617. The number of aryl methyl sites for hydroxylation is 1. The van der Waals surface area contributed by atoms with Crippen LogP contribution in [0.2, 0.25) is 0 Å². The number of hydrogen-bond acceptors (Lipinski definition) is 4. The van der Waals surface area contributed by atoms with Gasteiger partial charge in [-0.3, -0.25) is 9.58 Å². The molecule has 1 aliphatic heterocycles. The summed E-state index contributed by atoms with van der Waals surface area (Å²) >= 11 is 0. The Morgan fingerprint density at radius 3 is 2.82 bits per heavy atom. The number of piperazine rings is 1. The summed E-state index contributed by atoms with van der Waals surface area (Å²) in [7, 11) is 1.96. The van der Waals surface area contributed by atoms with Gasteiger partial charge in [-0.1, -0.05) is 13.8 Å². The summed E-state index contributed by atoms with van der Waals surface area (Å²) in [6.45, 7) is 7.61. The fourth-order valence-electron chi connectivity index (χ4n) is 2.44. The molecule has 2 heterocycles. The van der Waals surface area contributed by atoms with Crippen LogP contribution in [0.3, 0.4) is 0 Å². The second kappa shape index (κ2) is 5.60. The van der Waals surface area contributed by atoms with Crippen LogP contribution in [0, 0.1) is 0 Å². The molecule has 1 N–H and O–H groups in total. The molecule has 1 aliphatic rings. The van der Waals surface area contributed by atoms with Gasteiger partial charge >= 0.3 is 0 Å². The van der Waals surface area contributed by atoms with Crippen molar-refractivity contribution in [3.05, 3.63) is 12.2 Å². The molecule has 1 saturated heterocycles. The summed E-state index contributed by atoms with van der Waals surface area (Å²) in [5.74, 6) is 1.06. The molecule has 1 aromatic rings. The topological polar surface area (TPSA) is 46.0 Å². The van der Waals surface area contributed by atoms with Crippen molar-refractivity contribution < 1.29 is 0 Å². The van der Waals surface area contributed by atoms with Gasteiger partial charge in [0.25, 0.3) is 0 Å². The molecule has 0 amide bonds. The standard InChI is InChI=1S/C12H23N5/c1-4-10-7-17(11(5-2)6-13-10)8-12-14-9-15-16(12)3/h9-11,13H,4-8H2,1-3H3. The second-order valence-corrected chi connectivity index (χ2v) is 4.80. The van der Waals surface area contributed by atoms with E-state index in [0.717, 1.165) is 25.5 Å². The Bertz CT molecular complexity index is 348. The maximum absolute atomic E-state index is 4.32. The summed E-state index contributed by atoms with van der Waals surface area (Å²) in [5.41, 5.74) is 0. The summed E-state index contributed by atoms with van der Waals surface area (Å²) in [4.78, 5) is 6.86. The zero-order valence-corrected chi connectivity index (χ0v) is 11.1. The highest BCUT2D eigenvalue weighted by molar-refractivity contribution is 4.90. The van der Waals surface area contributed by atoms with Crippen LogP contribution in [0.5, 0.6) is 0 Å². The smallest absolute Gasteiger partial charge is 0.140 e. The summed E-state index contributed by atoms with van der Waals surface area (Å²) in [6.07, 6.45) is 4.00. The van der Waals surface area contributed by atoms with E-state index in [1.54, 1.807) is 6.33 Å². The first-order valence-electron chi connectivity index (χ1n) is 6.54. The third kappa shape index (κ3) is 2.84. The fourth-order valence-corrected chi connectivity index (χ4v) is 2.44. The van der Waals surface area contributed by atoms with Crippen molar-refractivity contribution in [1.29, 1.82) is 0 Å². The van der Waals surface area contributed by atoms with Crippen LogP contribution in [0.4, 0.5) is 0 Å². The molecule has 1 aromatic heterocycles. The molecule has 2 atom stereocenters. The van der Waals surface area contributed by atoms with Crippen LogP contribution in [0.1, 0.15) is 32.5 Å². The van der Waals surface area contributed by atoms with Crippen LogP contribution >= 0.6 is 0 Å². The number of aromatic nitrogens is 3. The van der Waals surface area contributed by atoms with E-state index < -0.39 is 0 Å². The van der Waals surface area contributed by atoms with Crippen LogP contribution < -0.4 is 5.32 Å². The summed E-state index contributed by atoms with van der Waals surface area (Å²) in [5, 5.41) is 7.74. The lowest BCUT2D eigenvalue weighted by Gasteiger charge is -2.39. The minimum absolute atomic E-state index is 0.617. The van der Waals surface area contributed by atoms with Gasteiger partial charge in [0.15, 0.2) is 0 Å². The highest BCUT2D eigenvalue weighted by atomic mass is 15.3. The summed E-state index contributed by atoms with van der Waals surface area (Å²) < 4.78 is 1.87. The third-order valence-corrected chi connectivity index (χ3v) is 3.73. The zero-order chi connectivity index (χ0) is 12.3. The lowest BCUT2D eigenvalue weighted by molar-refractivity contribution is 0.113. The van der Waals surface area contributed by atoms with E-state index in [0.29, 0.717) is 12.1 Å².